The zero-order chi connectivity index (χ0) is 14.3. The zero-order valence-electron chi connectivity index (χ0n) is 11.4. The van der Waals surface area contributed by atoms with Gasteiger partial charge in [0.25, 0.3) is 0 Å². The molecule has 0 saturated heterocycles. The molecular weight excluding hydrogens is 266 g/mol. The molecule has 0 aliphatic heterocycles. The largest absolute Gasteiger partial charge is 0.493 e. The Morgan fingerprint density at radius 3 is 2.58 bits per heavy atom. The highest BCUT2D eigenvalue weighted by molar-refractivity contribution is 7.91. The van der Waals surface area contributed by atoms with E-state index in [9.17, 15) is 8.42 Å². The van der Waals surface area contributed by atoms with Gasteiger partial charge in [0.2, 0.25) is 0 Å². The summed E-state index contributed by atoms with van der Waals surface area (Å²) in [5.41, 5.74) is 6.50. The van der Waals surface area contributed by atoms with Crippen LogP contribution in [0.2, 0.25) is 0 Å². The van der Waals surface area contributed by atoms with Gasteiger partial charge in [0.15, 0.2) is 11.5 Å². The number of benzene rings is 1. The van der Waals surface area contributed by atoms with Crippen LogP contribution in [-0.2, 0) is 16.4 Å². The quantitative estimate of drug-likeness (QED) is 0.730. The van der Waals surface area contributed by atoms with Gasteiger partial charge < -0.3 is 15.2 Å². The molecule has 0 radical (unpaired) electrons. The summed E-state index contributed by atoms with van der Waals surface area (Å²) in [6.45, 7) is 2.42. The third-order valence-corrected chi connectivity index (χ3v) is 4.55. The van der Waals surface area contributed by atoms with Crippen LogP contribution in [0.25, 0.3) is 0 Å². The number of hydrogen-bond acceptors (Lipinski definition) is 5. The van der Waals surface area contributed by atoms with Crippen molar-refractivity contribution in [3.63, 3.8) is 0 Å². The van der Waals surface area contributed by atoms with Crippen LogP contribution in [0.1, 0.15) is 18.9 Å². The highest BCUT2D eigenvalue weighted by Crippen LogP contribution is 2.28. The van der Waals surface area contributed by atoms with E-state index in [4.69, 9.17) is 15.2 Å². The molecule has 19 heavy (non-hydrogen) atoms. The van der Waals surface area contributed by atoms with E-state index in [0.717, 1.165) is 5.56 Å². The number of rotatable bonds is 8. The van der Waals surface area contributed by atoms with Crippen LogP contribution in [-0.4, -0.2) is 33.6 Å². The number of hydrogen-bond donors (Lipinski definition) is 1. The molecule has 0 spiro atoms. The Bertz CT molecular complexity index is 499. The molecule has 2 N–H and O–H groups in total. The van der Waals surface area contributed by atoms with Crippen LogP contribution in [0.3, 0.4) is 0 Å². The monoisotopic (exact) mass is 287 g/mol. The minimum Gasteiger partial charge on any atom is -0.493 e. The molecule has 0 bridgehead atoms. The molecule has 0 amide bonds. The summed E-state index contributed by atoms with van der Waals surface area (Å²) < 4.78 is 33.4. The first kappa shape index (κ1) is 15.8. The number of methoxy groups -OCH3 is 1. The third kappa shape index (κ3) is 5.08. The summed E-state index contributed by atoms with van der Waals surface area (Å²) in [5.74, 6) is 1.53. The summed E-state index contributed by atoms with van der Waals surface area (Å²) in [7, 11) is -1.37. The van der Waals surface area contributed by atoms with Crippen LogP contribution in [0.15, 0.2) is 18.2 Å². The van der Waals surface area contributed by atoms with Gasteiger partial charge in [-0.3, -0.25) is 0 Å². The van der Waals surface area contributed by atoms with Gasteiger partial charge in [0.05, 0.1) is 19.5 Å². The second-order valence-corrected chi connectivity index (χ2v) is 6.60. The fourth-order valence-corrected chi connectivity index (χ4v) is 2.41. The van der Waals surface area contributed by atoms with E-state index < -0.39 is 9.84 Å². The van der Waals surface area contributed by atoms with Gasteiger partial charge in [0.1, 0.15) is 9.84 Å². The maximum Gasteiger partial charge on any atom is 0.161 e. The van der Waals surface area contributed by atoms with Crippen molar-refractivity contribution in [2.45, 2.75) is 19.9 Å². The lowest BCUT2D eigenvalue weighted by molar-refractivity contribution is 0.294. The van der Waals surface area contributed by atoms with Crippen molar-refractivity contribution < 1.29 is 17.9 Å². The van der Waals surface area contributed by atoms with Crippen molar-refractivity contribution >= 4 is 9.84 Å². The van der Waals surface area contributed by atoms with Gasteiger partial charge >= 0.3 is 0 Å². The van der Waals surface area contributed by atoms with Gasteiger partial charge in [0, 0.05) is 12.3 Å². The van der Waals surface area contributed by atoms with Crippen molar-refractivity contribution in [2.75, 3.05) is 25.2 Å². The Kier molecular flexibility index (Phi) is 6.11. The molecule has 5 nitrogen and oxygen atoms in total. The van der Waals surface area contributed by atoms with E-state index in [1.165, 1.54) is 0 Å². The molecule has 0 aliphatic carbocycles. The van der Waals surface area contributed by atoms with Gasteiger partial charge in [-0.25, -0.2) is 8.42 Å². The molecule has 0 unspecified atom stereocenters. The SMILES string of the molecule is CCS(=O)(=O)CCCOc1ccc(CN)cc1OC. The summed E-state index contributed by atoms with van der Waals surface area (Å²) >= 11 is 0. The lowest BCUT2D eigenvalue weighted by atomic mass is 10.2. The normalized spacial score (nSPS) is 11.3. The molecular formula is C13H21NO4S. The minimum atomic E-state index is -2.93. The van der Waals surface area contributed by atoms with Crippen molar-refractivity contribution in [3.8, 4) is 11.5 Å². The lowest BCUT2D eigenvalue weighted by Gasteiger charge is -2.11. The zero-order valence-corrected chi connectivity index (χ0v) is 12.2. The summed E-state index contributed by atoms with van der Waals surface area (Å²) in [4.78, 5) is 0. The van der Waals surface area contributed by atoms with E-state index in [2.05, 4.69) is 0 Å². The summed E-state index contributed by atoms with van der Waals surface area (Å²) in [6.07, 6.45) is 0.470. The maximum absolute atomic E-state index is 11.3. The first-order valence-electron chi connectivity index (χ1n) is 6.22. The fourth-order valence-electron chi connectivity index (χ4n) is 1.56. The average Bonchev–Trinajstić information content (AvgIpc) is 2.43. The second-order valence-electron chi connectivity index (χ2n) is 4.13. The van der Waals surface area contributed by atoms with E-state index in [0.29, 0.717) is 31.1 Å². The van der Waals surface area contributed by atoms with Gasteiger partial charge in [-0.1, -0.05) is 13.0 Å². The van der Waals surface area contributed by atoms with Crippen molar-refractivity contribution in [1.82, 2.24) is 0 Å². The minimum absolute atomic E-state index is 0.146. The number of ether oxygens (including phenoxy) is 2. The van der Waals surface area contributed by atoms with Crippen LogP contribution in [0.4, 0.5) is 0 Å². The Balaban J connectivity index is 2.54. The highest BCUT2D eigenvalue weighted by atomic mass is 32.2. The standard InChI is InChI=1S/C13H21NO4S/c1-3-19(15,16)8-4-7-18-12-6-5-11(10-14)9-13(12)17-2/h5-6,9H,3-4,7-8,10,14H2,1-2H3. The second kappa shape index (κ2) is 7.35. The molecule has 1 aromatic rings. The van der Waals surface area contributed by atoms with E-state index in [1.54, 1.807) is 20.1 Å². The fraction of sp³-hybridized carbons (Fsp3) is 0.538. The van der Waals surface area contributed by atoms with E-state index in [1.807, 2.05) is 12.1 Å². The molecule has 1 aromatic carbocycles. The maximum atomic E-state index is 11.3. The summed E-state index contributed by atoms with van der Waals surface area (Å²) in [6, 6.07) is 5.47. The van der Waals surface area contributed by atoms with Gasteiger partial charge in [-0.15, -0.1) is 0 Å². The van der Waals surface area contributed by atoms with Gasteiger partial charge in [-0.2, -0.15) is 0 Å². The van der Waals surface area contributed by atoms with Crippen molar-refractivity contribution in [1.29, 1.82) is 0 Å². The lowest BCUT2D eigenvalue weighted by Crippen LogP contribution is -2.12. The van der Waals surface area contributed by atoms with Gasteiger partial charge in [-0.05, 0) is 24.1 Å². The van der Waals surface area contributed by atoms with Crippen molar-refractivity contribution in [2.24, 2.45) is 5.73 Å². The van der Waals surface area contributed by atoms with Crippen molar-refractivity contribution in [3.05, 3.63) is 23.8 Å². The van der Waals surface area contributed by atoms with Crippen LogP contribution in [0, 0.1) is 0 Å². The molecule has 0 aromatic heterocycles. The number of sulfone groups is 1. The molecule has 108 valence electrons. The molecule has 0 aliphatic rings. The van der Waals surface area contributed by atoms with Crippen LogP contribution >= 0.6 is 0 Å². The molecule has 0 atom stereocenters. The first-order chi connectivity index (χ1) is 9.02. The van der Waals surface area contributed by atoms with Crippen LogP contribution < -0.4 is 15.2 Å². The van der Waals surface area contributed by atoms with E-state index >= 15 is 0 Å². The predicted octanol–water partition coefficient (Wildman–Crippen LogP) is 1.36. The Morgan fingerprint density at radius 2 is 2.00 bits per heavy atom. The first-order valence-corrected chi connectivity index (χ1v) is 8.04. The molecule has 0 saturated carbocycles. The smallest absolute Gasteiger partial charge is 0.161 e. The molecule has 6 heteroatoms. The topological polar surface area (TPSA) is 78.6 Å². The molecule has 1 rings (SSSR count). The number of nitrogens with two attached hydrogens (primary N) is 1. The Labute approximate surface area is 114 Å². The summed E-state index contributed by atoms with van der Waals surface area (Å²) in [5, 5.41) is 0. The molecule has 0 fully saturated rings. The van der Waals surface area contributed by atoms with Crippen LogP contribution in [0.5, 0.6) is 11.5 Å². The molecule has 0 heterocycles. The average molecular weight is 287 g/mol. The highest BCUT2D eigenvalue weighted by Gasteiger charge is 2.08. The van der Waals surface area contributed by atoms with E-state index in [-0.39, 0.29) is 11.5 Å². The Hall–Kier alpha value is -1.27. The third-order valence-electron chi connectivity index (χ3n) is 2.76. The Morgan fingerprint density at radius 1 is 1.26 bits per heavy atom. The predicted molar refractivity (Wildman–Crippen MR) is 75.3 cm³/mol.